The number of phenols is 1. The molecule has 3 aromatic carbocycles. The van der Waals surface area contributed by atoms with Crippen molar-refractivity contribution in [1.29, 1.82) is 0 Å². The number of likely N-dealkylation sites (tertiary alicyclic amines) is 1. The van der Waals surface area contributed by atoms with Crippen molar-refractivity contribution in [3.63, 3.8) is 0 Å². The van der Waals surface area contributed by atoms with Crippen molar-refractivity contribution >= 4 is 11.6 Å². The summed E-state index contributed by atoms with van der Waals surface area (Å²) in [5, 5.41) is 22.0. The lowest BCUT2D eigenvalue weighted by Crippen LogP contribution is -2.33. The maximum Gasteiger partial charge on any atom is 0.419 e. The van der Waals surface area contributed by atoms with Crippen LogP contribution in [0.4, 0.5) is 18.9 Å². The molecule has 8 nitrogen and oxygen atoms in total. The molecule has 49 heavy (non-hydrogen) atoms. The van der Waals surface area contributed by atoms with Gasteiger partial charge in [0, 0.05) is 48.6 Å². The lowest BCUT2D eigenvalue weighted by Gasteiger charge is -2.31. The number of anilines is 1. The molecule has 1 aliphatic heterocycles. The summed E-state index contributed by atoms with van der Waals surface area (Å²) in [7, 11) is 1.88. The van der Waals surface area contributed by atoms with Gasteiger partial charge >= 0.3 is 6.18 Å². The normalized spacial score (nSPS) is 16.9. The molecular weight excluding hydrogens is 629 g/mol. The third-order valence-corrected chi connectivity index (χ3v) is 9.34. The van der Waals surface area contributed by atoms with Crippen LogP contribution >= 0.6 is 0 Å². The average molecular weight is 667 g/mol. The van der Waals surface area contributed by atoms with E-state index in [0.29, 0.717) is 35.1 Å². The zero-order valence-electron chi connectivity index (χ0n) is 27.3. The Balaban J connectivity index is 1.16. The molecule has 0 spiro atoms. The molecule has 3 heterocycles. The second-order valence-electron chi connectivity index (χ2n) is 13.3. The highest BCUT2D eigenvalue weighted by Gasteiger charge is 2.36. The minimum atomic E-state index is -4.71. The van der Waals surface area contributed by atoms with E-state index in [1.54, 1.807) is 42.7 Å². The number of hydrogen-bond acceptors (Lipinski definition) is 6. The van der Waals surface area contributed by atoms with Crippen LogP contribution in [0, 0.1) is 5.92 Å². The number of alkyl halides is 3. The number of piperidine rings is 1. The fourth-order valence-electron chi connectivity index (χ4n) is 6.71. The van der Waals surface area contributed by atoms with Crippen molar-refractivity contribution in [2.75, 3.05) is 18.4 Å². The van der Waals surface area contributed by atoms with Crippen molar-refractivity contribution in [2.24, 2.45) is 13.0 Å². The molecule has 2 aliphatic rings. The number of aryl methyl sites for hydroxylation is 1. The Morgan fingerprint density at radius 2 is 1.71 bits per heavy atom. The quantitative estimate of drug-likeness (QED) is 0.173. The van der Waals surface area contributed by atoms with Gasteiger partial charge in [0.2, 0.25) is 0 Å². The predicted molar refractivity (Wildman–Crippen MR) is 182 cm³/mol. The van der Waals surface area contributed by atoms with Crippen molar-refractivity contribution in [3.05, 3.63) is 102 Å². The van der Waals surface area contributed by atoms with Crippen LogP contribution in [0.2, 0.25) is 0 Å². The third kappa shape index (κ3) is 7.07. The summed E-state index contributed by atoms with van der Waals surface area (Å²) in [4.78, 5) is 20.5. The molecular formula is C38H37F3N6O2. The van der Waals surface area contributed by atoms with E-state index in [-0.39, 0.29) is 17.2 Å². The number of halogens is 3. The number of pyridine rings is 1. The summed E-state index contributed by atoms with van der Waals surface area (Å²) in [5.41, 5.74) is 4.10. The monoisotopic (exact) mass is 666 g/mol. The summed E-state index contributed by atoms with van der Waals surface area (Å²) in [6.07, 6.45) is 1.05. The second kappa shape index (κ2) is 13.1. The summed E-state index contributed by atoms with van der Waals surface area (Å²) in [6, 6.07) is 20.7. The van der Waals surface area contributed by atoms with Gasteiger partial charge < -0.3 is 15.0 Å². The first-order chi connectivity index (χ1) is 23.5. The molecule has 11 heteroatoms. The molecule has 7 rings (SSSR count). The van der Waals surface area contributed by atoms with E-state index in [1.807, 2.05) is 41.9 Å². The predicted octanol–water partition coefficient (Wildman–Crippen LogP) is 8.30. The van der Waals surface area contributed by atoms with E-state index in [0.717, 1.165) is 67.2 Å². The van der Waals surface area contributed by atoms with Gasteiger partial charge in [0.15, 0.2) is 5.82 Å². The van der Waals surface area contributed by atoms with Crippen LogP contribution in [-0.2, 0) is 19.8 Å². The van der Waals surface area contributed by atoms with Gasteiger partial charge in [-0.1, -0.05) is 43.3 Å². The Labute approximate surface area is 282 Å². The zero-order chi connectivity index (χ0) is 34.3. The first kappa shape index (κ1) is 32.5. The first-order valence-electron chi connectivity index (χ1n) is 16.6. The molecule has 1 aliphatic carbocycles. The number of aromatic hydroxyl groups is 1. The fourth-order valence-corrected chi connectivity index (χ4v) is 6.71. The molecule has 1 atom stereocenters. The Morgan fingerprint density at radius 3 is 2.39 bits per heavy atom. The summed E-state index contributed by atoms with van der Waals surface area (Å²) in [6.45, 7) is 4.16. The number of nitrogens with one attached hydrogen (secondary N) is 1. The maximum absolute atomic E-state index is 14.0. The number of carbonyl (C=O) groups excluding carboxylic acids is 1. The highest BCUT2D eigenvalue weighted by molar-refractivity contribution is 6.04. The van der Waals surface area contributed by atoms with Crippen LogP contribution in [0.3, 0.4) is 0 Å². The van der Waals surface area contributed by atoms with Gasteiger partial charge in [0.05, 0.1) is 5.56 Å². The van der Waals surface area contributed by atoms with Crippen LogP contribution in [0.15, 0.2) is 79.1 Å². The molecule has 2 fully saturated rings. The minimum absolute atomic E-state index is 0.0952. The van der Waals surface area contributed by atoms with E-state index in [1.165, 1.54) is 0 Å². The van der Waals surface area contributed by atoms with Crippen LogP contribution in [-0.4, -0.2) is 48.8 Å². The smallest absolute Gasteiger partial charge is 0.419 e. The SMILES string of the molecule is C[C@H]1CCCN(Cc2cc(-c3ccc(NC(=O)c4cc(-c5ccccc5-c5nncn5C)cc(C5CC5)n4)cc3)c(O)c(C(F)(F)F)c2)C1. The number of carbonyl (C=O) groups is 1. The number of nitrogens with zero attached hydrogens (tertiary/aromatic N) is 5. The van der Waals surface area contributed by atoms with E-state index in [9.17, 15) is 23.1 Å². The molecule has 1 saturated heterocycles. The Morgan fingerprint density at radius 1 is 0.959 bits per heavy atom. The first-order valence-corrected chi connectivity index (χ1v) is 16.6. The number of hydrogen-bond donors (Lipinski definition) is 2. The van der Waals surface area contributed by atoms with Crippen molar-refractivity contribution < 1.29 is 23.1 Å². The fraction of sp³-hybridized carbons (Fsp3) is 0.316. The second-order valence-corrected chi connectivity index (χ2v) is 13.3. The summed E-state index contributed by atoms with van der Waals surface area (Å²) >= 11 is 0. The molecule has 0 unspecified atom stereocenters. The van der Waals surface area contributed by atoms with Gasteiger partial charge in [-0.15, -0.1) is 10.2 Å². The van der Waals surface area contributed by atoms with Crippen molar-refractivity contribution in [1.82, 2.24) is 24.6 Å². The number of amides is 1. The highest BCUT2D eigenvalue weighted by Crippen LogP contribution is 2.43. The van der Waals surface area contributed by atoms with Gasteiger partial charge in [-0.2, -0.15) is 13.2 Å². The molecule has 5 aromatic rings. The molecule has 0 bridgehead atoms. The Bertz CT molecular complexity index is 2000. The highest BCUT2D eigenvalue weighted by atomic mass is 19.4. The summed E-state index contributed by atoms with van der Waals surface area (Å²) in [5.74, 6) is 0.249. The van der Waals surface area contributed by atoms with Gasteiger partial charge in [-0.25, -0.2) is 4.98 Å². The van der Waals surface area contributed by atoms with Crippen molar-refractivity contribution in [3.8, 4) is 39.4 Å². The van der Waals surface area contributed by atoms with E-state index in [2.05, 4.69) is 27.3 Å². The Hall–Kier alpha value is -5.03. The van der Waals surface area contributed by atoms with E-state index >= 15 is 0 Å². The van der Waals surface area contributed by atoms with Crippen LogP contribution in [0.1, 0.15) is 65.8 Å². The minimum Gasteiger partial charge on any atom is -0.507 e. The average Bonchev–Trinajstić information content (AvgIpc) is 3.85. The maximum atomic E-state index is 14.0. The molecule has 252 valence electrons. The third-order valence-electron chi connectivity index (χ3n) is 9.34. The Kier molecular flexibility index (Phi) is 8.70. The molecule has 2 N–H and O–H groups in total. The van der Waals surface area contributed by atoms with Crippen LogP contribution in [0.5, 0.6) is 5.75 Å². The number of benzene rings is 3. The van der Waals surface area contributed by atoms with E-state index in [4.69, 9.17) is 4.98 Å². The zero-order valence-corrected chi connectivity index (χ0v) is 27.3. The largest absolute Gasteiger partial charge is 0.507 e. The topological polar surface area (TPSA) is 96.2 Å². The lowest BCUT2D eigenvalue weighted by molar-refractivity contribution is -0.138. The van der Waals surface area contributed by atoms with Gasteiger partial charge in [-0.05, 0) is 96.8 Å². The summed E-state index contributed by atoms with van der Waals surface area (Å²) < 4.78 is 43.9. The van der Waals surface area contributed by atoms with Gasteiger partial charge in [0.25, 0.3) is 5.91 Å². The standard InChI is InChI=1S/C38H37F3N6O2/c1-23-6-5-15-47(20-23)21-24-16-31(35(48)32(17-24)38(39,40)41)25-11-13-28(14-12-25)43-37(49)34-19-27(18-33(44-34)26-9-10-26)29-7-3-4-8-30(29)36-45-42-22-46(36)2/h3-4,7-8,11-14,16-19,22-23,26,48H,5-6,9-10,15,20-21H2,1-2H3,(H,43,49)/t23-/m0/s1. The van der Waals surface area contributed by atoms with E-state index < -0.39 is 23.4 Å². The van der Waals surface area contributed by atoms with Crippen LogP contribution in [0.25, 0.3) is 33.6 Å². The van der Waals surface area contributed by atoms with Crippen molar-refractivity contribution in [2.45, 2.75) is 51.2 Å². The van der Waals surface area contributed by atoms with Crippen LogP contribution < -0.4 is 5.32 Å². The van der Waals surface area contributed by atoms with Gasteiger partial charge in [-0.3, -0.25) is 9.69 Å². The molecule has 1 amide bonds. The number of aromatic nitrogens is 4. The number of phenolic OH excluding ortho intramolecular Hbond substituents is 1. The molecule has 0 radical (unpaired) electrons. The van der Waals surface area contributed by atoms with Gasteiger partial charge in [0.1, 0.15) is 17.8 Å². The molecule has 2 aromatic heterocycles. The number of rotatable bonds is 8. The molecule has 1 saturated carbocycles. The lowest BCUT2D eigenvalue weighted by atomic mass is 9.96.